The normalized spacial score (nSPS) is 27.4. The van der Waals surface area contributed by atoms with E-state index < -0.39 is 16.8 Å². The van der Waals surface area contributed by atoms with Crippen LogP contribution in [-0.2, 0) is 14.3 Å². The molecule has 0 spiro atoms. The van der Waals surface area contributed by atoms with Crippen LogP contribution in [0.5, 0.6) is 11.5 Å². The Bertz CT molecular complexity index is 1020. The number of hydrogen-bond donors (Lipinski definition) is 0. The van der Waals surface area contributed by atoms with E-state index in [-0.39, 0.29) is 41.1 Å². The number of fused-ring (bicyclic) bond motifs is 5. The highest BCUT2D eigenvalue weighted by Crippen LogP contribution is 2.50. The fourth-order valence-electron chi connectivity index (χ4n) is 4.64. The number of nitro groups is 1. The average Bonchev–Trinajstić information content (AvgIpc) is 3.35. The molecule has 0 aliphatic carbocycles. The van der Waals surface area contributed by atoms with Crippen LogP contribution in [0.25, 0.3) is 0 Å². The predicted molar refractivity (Wildman–Crippen MR) is 102 cm³/mol. The summed E-state index contributed by atoms with van der Waals surface area (Å²) in [6, 6.07) is 11.3. The number of non-ortho nitro benzene ring substituents is 1. The SMILES string of the molecule is Cc1cccc(Oc2cc(N3C(=O)[C@H]4[C@H](C3=O)[C@H]3CC[C@H]4O3)cc([N+](=O)[O-])c2)c1. The highest BCUT2D eigenvalue weighted by Gasteiger charge is 2.62. The van der Waals surface area contributed by atoms with Gasteiger partial charge in [0.15, 0.2) is 0 Å². The number of hydrogen-bond acceptors (Lipinski definition) is 6. The molecule has 4 atom stereocenters. The van der Waals surface area contributed by atoms with E-state index >= 15 is 0 Å². The van der Waals surface area contributed by atoms with Crippen molar-refractivity contribution >= 4 is 23.2 Å². The molecule has 8 heteroatoms. The quantitative estimate of drug-likeness (QED) is 0.448. The van der Waals surface area contributed by atoms with E-state index in [0.29, 0.717) is 5.75 Å². The Kier molecular flexibility index (Phi) is 3.92. The number of ether oxygens (including phenoxy) is 2. The van der Waals surface area contributed by atoms with Gasteiger partial charge in [-0.05, 0) is 37.5 Å². The Morgan fingerprint density at radius 2 is 1.72 bits per heavy atom. The van der Waals surface area contributed by atoms with Gasteiger partial charge in [0.05, 0.1) is 40.7 Å². The summed E-state index contributed by atoms with van der Waals surface area (Å²) in [5.41, 5.74) is 0.883. The zero-order valence-corrected chi connectivity index (χ0v) is 15.6. The first-order valence-corrected chi connectivity index (χ1v) is 9.49. The fourth-order valence-corrected chi connectivity index (χ4v) is 4.64. The second kappa shape index (κ2) is 6.38. The number of rotatable bonds is 4. The predicted octanol–water partition coefficient (Wildman–Crippen LogP) is 3.36. The van der Waals surface area contributed by atoms with E-state index in [9.17, 15) is 19.7 Å². The summed E-state index contributed by atoms with van der Waals surface area (Å²) in [6.07, 6.45) is 1.03. The maximum Gasteiger partial charge on any atom is 0.275 e. The first-order chi connectivity index (χ1) is 13.9. The van der Waals surface area contributed by atoms with Crippen molar-refractivity contribution in [3.05, 3.63) is 58.1 Å². The number of carbonyl (C=O) groups is 2. The van der Waals surface area contributed by atoms with Crippen LogP contribution in [0.3, 0.4) is 0 Å². The first-order valence-electron chi connectivity index (χ1n) is 9.49. The van der Waals surface area contributed by atoms with E-state index in [4.69, 9.17) is 9.47 Å². The van der Waals surface area contributed by atoms with Crippen molar-refractivity contribution in [2.24, 2.45) is 11.8 Å². The molecule has 2 amide bonds. The number of carbonyl (C=O) groups excluding carboxylic acids is 2. The monoisotopic (exact) mass is 394 g/mol. The first kappa shape index (κ1) is 17.8. The van der Waals surface area contributed by atoms with Gasteiger partial charge >= 0.3 is 0 Å². The summed E-state index contributed by atoms with van der Waals surface area (Å²) in [7, 11) is 0. The molecule has 3 heterocycles. The van der Waals surface area contributed by atoms with Gasteiger partial charge in [0, 0.05) is 12.1 Å². The minimum Gasteiger partial charge on any atom is -0.457 e. The molecule has 8 nitrogen and oxygen atoms in total. The van der Waals surface area contributed by atoms with Crippen LogP contribution in [0.4, 0.5) is 11.4 Å². The Morgan fingerprint density at radius 3 is 2.34 bits per heavy atom. The molecule has 3 fully saturated rings. The third-order valence-corrected chi connectivity index (χ3v) is 5.85. The molecule has 0 saturated carbocycles. The van der Waals surface area contributed by atoms with Crippen molar-refractivity contribution in [3.63, 3.8) is 0 Å². The highest BCUT2D eigenvalue weighted by atomic mass is 16.6. The highest BCUT2D eigenvalue weighted by molar-refractivity contribution is 6.23. The molecule has 148 valence electrons. The number of nitro benzene ring substituents is 1. The summed E-state index contributed by atoms with van der Waals surface area (Å²) in [6.45, 7) is 1.91. The van der Waals surface area contributed by atoms with Crippen LogP contribution in [0.1, 0.15) is 18.4 Å². The largest absolute Gasteiger partial charge is 0.457 e. The minimum atomic E-state index is -0.564. The number of aryl methyl sites for hydroxylation is 1. The Balaban J connectivity index is 1.53. The molecule has 2 aromatic carbocycles. The molecule has 0 unspecified atom stereocenters. The Morgan fingerprint density at radius 1 is 1.03 bits per heavy atom. The fraction of sp³-hybridized carbons (Fsp3) is 0.333. The zero-order chi connectivity index (χ0) is 20.3. The minimum absolute atomic E-state index is 0.158. The van der Waals surface area contributed by atoms with Crippen molar-refractivity contribution in [2.45, 2.75) is 32.0 Å². The van der Waals surface area contributed by atoms with Gasteiger partial charge in [-0.25, -0.2) is 4.90 Å². The lowest BCUT2D eigenvalue weighted by molar-refractivity contribution is -0.384. The van der Waals surface area contributed by atoms with Crippen LogP contribution in [0.2, 0.25) is 0 Å². The van der Waals surface area contributed by atoms with Gasteiger partial charge in [0.2, 0.25) is 11.8 Å². The van der Waals surface area contributed by atoms with Crippen molar-refractivity contribution in [3.8, 4) is 11.5 Å². The number of nitrogens with zero attached hydrogens (tertiary/aromatic N) is 2. The summed E-state index contributed by atoms with van der Waals surface area (Å²) in [5.74, 6) is -0.998. The maximum atomic E-state index is 13.0. The van der Waals surface area contributed by atoms with Gasteiger partial charge in [-0.3, -0.25) is 19.7 Å². The molecular weight excluding hydrogens is 376 g/mol. The lowest BCUT2D eigenvalue weighted by Gasteiger charge is -2.18. The van der Waals surface area contributed by atoms with Gasteiger partial charge < -0.3 is 9.47 Å². The summed E-state index contributed by atoms with van der Waals surface area (Å²) >= 11 is 0. The van der Waals surface area contributed by atoms with Crippen molar-refractivity contribution in [2.75, 3.05) is 4.90 Å². The summed E-state index contributed by atoms with van der Waals surface area (Å²) < 4.78 is 11.5. The number of benzene rings is 2. The molecule has 0 aromatic heterocycles. The van der Waals surface area contributed by atoms with E-state index in [1.807, 2.05) is 19.1 Å². The second-order valence-electron chi connectivity index (χ2n) is 7.71. The van der Waals surface area contributed by atoms with Crippen LogP contribution in [0.15, 0.2) is 42.5 Å². The van der Waals surface area contributed by atoms with E-state index in [0.717, 1.165) is 23.3 Å². The number of amides is 2. The van der Waals surface area contributed by atoms with Crippen molar-refractivity contribution < 1.29 is 24.0 Å². The third-order valence-electron chi connectivity index (χ3n) is 5.85. The summed E-state index contributed by atoms with van der Waals surface area (Å²) in [5, 5.41) is 11.4. The van der Waals surface area contributed by atoms with Crippen LogP contribution < -0.4 is 9.64 Å². The lowest BCUT2D eigenvalue weighted by atomic mass is 9.81. The second-order valence-corrected chi connectivity index (χ2v) is 7.71. The number of imide groups is 1. The topological polar surface area (TPSA) is 99.0 Å². The summed E-state index contributed by atoms with van der Waals surface area (Å²) in [4.78, 5) is 37.9. The smallest absolute Gasteiger partial charge is 0.275 e. The molecule has 3 saturated heterocycles. The molecule has 5 rings (SSSR count). The molecule has 2 bridgehead atoms. The van der Waals surface area contributed by atoms with E-state index in [1.54, 1.807) is 12.1 Å². The lowest BCUT2D eigenvalue weighted by Crippen LogP contribution is -2.34. The van der Waals surface area contributed by atoms with Gasteiger partial charge in [0.25, 0.3) is 5.69 Å². The molecule has 2 aromatic rings. The molecule has 0 radical (unpaired) electrons. The molecular formula is C21H18N2O6. The van der Waals surface area contributed by atoms with Crippen molar-refractivity contribution in [1.82, 2.24) is 0 Å². The third kappa shape index (κ3) is 2.79. The Hall–Kier alpha value is -3.26. The van der Waals surface area contributed by atoms with Gasteiger partial charge in [-0.15, -0.1) is 0 Å². The van der Waals surface area contributed by atoms with Gasteiger partial charge in [0.1, 0.15) is 11.5 Å². The average molecular weight is 394 g/mol. The van der Waals surface area contributed by atoms with E-state index in [2.05, 4.69) is 0 Å². The standard InChI is InChI=1S/C21H18N2O6/c1-11-3-2-4-14(7-11)28-15-9-12(8-13(10-15)23(26)27)22-20(24)18-16-5-6-17(29-16)19(18)21(22)25/h2-4,7-10,16-19H,5-6H2,1H3/t16-,17-,18-,19-/m1/s1. The molecule has 3 aliphatic heterocycles. The van der Waals surface area contributed by atoms with Crippen molar-refractivity contribution in [1.29, 1.82) is 0 Å². The molecule has 29 heavy (non-hydrogen) atoms. The van der Waals surface area contributed by atoms with Gasteiger partial charge in [-0.2, -0.15) is 0 Å². The Labute approximate surface area is 166 Å². The van der Waals surface area contributed by atoms with Crippen LogP contribution in [-0.4, -0.2) is 28.9 Å². The van der Waals surface area contributed by atoms with Crippen LogP contribution >= 0.6 is 0 Å². The van der Waals surface area contributed by atoms with E-state index in [1.165, 1.54) is 18.2 Å². The van der Waals surface area contributed by atoms with Crippen LogP contribution in [0, 0.1) is 28.9 Å². The maximum absolute atomic E-state index is 13.0. The van der Waals surface area contributed by atoms with Gasteiger partial charge in [-0.1, -0.05) is 12.1 Å². The molecule has 3 aliphatic rings. The zero-order valence-electron chi connectivity index (χ0n) is 15.6. The number of anilines is 1. The molecule has 0 N–H and O–H groups in total.